The first-order chi connectivity index (χ1) is 14.3. The molecular formula is C24H32Cl2N2O2. The Morgan fingerprint density at radius 2 is 1.70 bits per heavy atom. The topological polar surface area (TPSA) is 24.9 Å². The van der Waals surface area contributed by atoms with Crippen LogP contribution in [0.1, 0.15) is 30.9 Å². The minimum atomic E-state index is 0.108. The van der Waals surface area contributed by atoms with E-state index in [-0.39, 0.29) is 12.2 Å². The molecule has 2 atom stereocenters. The van der Waals surface area contributed by atoms with Crippen LogP contribution in [0.2, 0.25) is 10.0 Å². The highest BCUT2D eigenvalue weighted by atomic mass is 35.5. The molecule has 0 saturated carbocycles. The molecule has 3 rings (SSSR count). The summed E-state index contributed by atoms with van der Waals surface area (Å²) in [6, 6.07) is 11.7. The first-order valence-corrected chi connectivity index (χ1v) is 11.3. The second kappa shape index (κ2) is 10.7. The lowest BCUT2D eigenvalue weighted by Gasteiger charge is -2.21. The zero-order valence-electron chi connectivity index (χ0n) is 18.3. The molecule has 1 heterocycles. The van der Waals surface area contributed by atoms with Gasteiger partial charge in [-0.15, -0.1) is 0 Å². The summed E-state index contributed by atoms with van der Waals surface area (Å²) in [6.45, 7) is 5.08. The maximum absolute atomic E-state index is 6.34. The summed E-state index contributed by atoms with van der Waals surface area (Å²) in [5.41, 5.74) is 2.08. The Hall–Kier alpha value is -1.46. The van der Waals surface area contributed by atoms with Crippen molar-refractivity contribution in [2.45, 2.75) is 38.4 Å². The molecule has 1 saturated heterocycles. The molecule has 2 unspecified atom stereocenters. The molecule has 2 aromatic rings. The van der Waals surface area contributed by atoms with Crippen molar-refractivity contribution in [2.24, 2.45) is 0 Å². The average molecular weight is 451 g/mol. The van der Waals surface area contributed by atoms with Crippen LogP contribution in [-0.2, 0) is 6.42 Å². The maximum Gasteiger partial charge on any atom is 0.123 e. The fraction of sp³-hybridized carbons (Fsp3) is 0.500. The van der Waals surface area contributed by atoms with Gasteiger partial charge in [-0.25, -0.2) is 0 Å². The van der Waals surface area contributed by atoms with Crippen LogP contribution >= 0.6 is 23.2 Å². The third kappa shape index (κ3) is 6.78. The Labute approximate surface area is 190 Å². The molecule has 1 fully saturated rings. The Kier molecular flexibility index (Phi) is 8.29. The van der Waals surface area contributed by atoms with Crippen LogP contribution in [0.5, 0.6) is 11.5 Å². The molecule has 0 bridgehead atoms. The van der Waals surface area contributed by atoms with E-state index in [4.69, 9.17) is 32.7 Å². The van der Waals surface area contributed by atoms with Gasteiger partial charge in [-0.2, -0.15) is 0 Å². The summed E-state index contributed by atoms with van der Waals surface area (Å²) in [6.07, 6.45) is 2.95. The lowest BCUT2D eigenvalue weighted by molar-refractivity contribution is 0.193. The fourth-order valence-corrected chi connectivity index (χ4v) is 4.08. The number of likely N-dealkylation sites (tertiary alicyclic amines) is 1. The Morgan fingerprint density at radius 3 is 2.30 bits per heavy atom. The first kappa shape index (κ1) is 23.2. The summed E-state index contributed by atoms with van der Waals surface area (Å²) in [7, 11) is 6.27. The fourth-order valence-electron chi connectivity index (χ4n) is 3.69. The van der Waals surface area contributed by atoms with Crippen molar-refractivity contribution in [1.29, 1.82) is 0 Å². The van der Waals surface area contributed by atoms with E-state index in [9.17, 15) is 0 Å². The number of ether oxygens (including phenoxy) is 2. The number of benzene rings is 2. The van der Waals surface area contributed by atoms with Crippen molar-refractivity contribution in [2.75, 3.05) is 40.8 Å². The van der Waals surface area contributed by atoms with Gasteiger partial charge < -0.3 is 19.3 Å². The summed E-state index contributed by atoms with van der Waals surface area (Å²) < 4.78 is 12.6. The van der Waals surface area contributed by atoms with Crippen LogP contribution in [0, 0.1) is 0 Å². The highest BCUT2D eigenvalue weighted by Gasteiger charge is 2.22. The highest BCUT2D eigenvalue weighted by molar-refractivity contribution is 6.31. The van der Waals surface area contributed by atoms with E-state index < -0.39 is 0 Å². The van der Waals surface area contributed by atoms with Crippen molar-refractivity contribution >= 4 is 23.2 Å². The van der Waals surface area contributed by atoms with Crippen LogP contribution in [0.15, 0.2) is 36.4 Å². The van der Waals surface area contributed by atoms with E-state index in [2.05, 4.69) is 37.9 Å². The third-order valence-electron chi connectivity index (χ3n) is 5.38. The largest absolute Gasteiger partial charge is 0.490 e. The van der Waals surface area contributed by atoms with Crippen LogP contribution < -0.4 is 9.47 Å². The van der Waals surface area contributed by atoms with Gasteiger partial charge in [-0.1, -0.05) is 23.2 Å². The van der Waals surface area contributed by atoms with Gasteiger partial charge in [0.2, 0.25) is 0 Å². The van der Waals surface area contributed by atoms with Crippen LogP contribution in [0.4, 0.5) is 0 Å². The number of nitrogens with zero attached hydrogens (tertiary/aromatic N) is 2. The molecule has 0 amide bonds. The van der Waals surface area contributed by atoms with Crippen molar-refractivity contribution in [1.82, 2.24) is 9.80 Å². The van der Waals surface area contributed by atoms with Crippen LogP contribution in [0.3, 0.4) is 0 Å². The molecule has 0 aromatic heterocycles. The Balaban J connectivity index is 1.79. The van der Waals surface area contributed by atoms with Crippen molar-refractivity contribution in [3.8, 4) is 11.5 Å². The van der Waals surface area contributed by atoms with Gasteiger partial charge in [-0.05, 0) is 77.3 Å². The van der Waals surface area contributed by atoms with E-state index in [0.29, 0.717) is 16.5 Å². The molecule has 4 nitrogen and oxygen atoms in total. The predicted octanol–water partition coefficient (Wildman–Crippen LogP) is 5.39. The molecule has 30 heavy (non-hydrogen) atoms. The van der Waals surface area contributed by atoms with Crippen molar-refractivity contribution < 1.29 is 9.47 Å². The summed E-state index contributed by atoms with van der Waals surface area (Å²) in [5, 5.41) is 1.39. The van der Waals surface area contributed by atoms with Gasteiger partial charge in [-0.3, -0.25) is 0 Å². The Bertz CT molecular complexity index is 844. The number of hydrogen-bond donors (Lipinski definition) is 0. The molecule has 2 aromatic carbocycles. The van der Waals surface area contributed by atoms with Gasteiger partial charge in [0.05, 0.1) is 6.10 Å². The summed E-state index contributed by atoms with van der Waals surface area (Å²) in [4.78, 5) is 4.46. The van der Waals surface area contributed by atoms with Crippen molar-refractivity contribution in [3.05, 3.63) is 57.6 Å². The third-order valence-corrected chi connectivity index (χ3v) is 5.85. The molecule has 1 aliphatic rings. The SMILES string of the molecule is CC(CCN(C)C)Oc1ccc(Cl)cc1Cc1cc(Cl)ccc1OC1CCN(C)C1. The second-order valence-electron chi connectivity index (χ2n) is 8.49. The standard InChI is InChI=1S/C24H32Cl2N2O2/c1-17(9-11-27(2)3)29-23-7-5-20(25)14-18(23)13-19-15-21(26)6-8-24(19)30-22-10-12-28(4)16-22/h5-8,14-15,17,22H,9-13,16H2,1-4H3. The average Bonchev–Trinajstić information content (AvgIpc) is 3.09. The van der Waals surface area contributed by atoms with Gasteiger partial charge in [0, 0.05) is 47.2 Å². The smallest absolute Gasteiger partial charge is 0.123 e. The van der Waals surface area contributed by atoms with E-state index in [1.165, 1.54) is 0 Å². The number of likely N-dealkylation sites (N-methyl/N-ethyl adjacent to an activating group) is 1. The van der Waals surface area contributed by atoms with Crippen LogP contribution in [-0.4, -0.2) is 62.8 Å². The Morgan fingerprint density at radius 1 is 1.07 bits per heavy atom. The first-order valence-electron chi connectivity index (χ1n) is 10.5. The highest BCUT2D eigenvalue weighted by Crippen LogP contribution is 2.32. The molecule has 0 aliphatic carbocycles. The number of rotatable bonds is 9. The monoisotopic (exact) mass is 450 g/mol. The zero-order valence-corrected chi connectivity index (χ0v) is 19.8. The lowest BCUT2D eigenvalue weighted by Crippen LogP contribution is -2.22. The quantitative estimate of drug-likeness (QED) is 0.511. The normalized spacial score (nSPS) is 18.0. The molecule has 164 valence electrons. The van der Waals surface area contributed by atoms with E-state index in [1.807, 2.05) is 36.4 Å². The van der Waals surface area contributed by atoms with Crippen molar-refractivity contribution in [3.63, 3.8) is 0 Å². The van der Waals surface area contributed by atoms with Crippen LogP contribution in [0.25, 0.3) is 0 Å². The van der Waals surface area contributed by atoms with Gasteiger partial charge in [0.25, 0.3) is 0 Å². The van der Waals surface area contributed by atoms with E-state index in [0.717, 1.165) is 55.1 Å². The minimum Gasteiger partial charge on any atom is -0.490 e. The molecule has 1 aliphatic heterocycles. The number of hydrogen-bond acceptors (Lipinski definition) is 4. The zero-order chi connectivity index (χ0) is 21.7. The number of halogens is 2. The lowest BCUT2D eigenvalue weighted by atomic mass is 10.0. The molecular weight excluding hydrogens is 419 g/mol. The summed E-state index contributed by atoms with van der Waals surface area (Å²) in [5.74, 6) is 1.74. The minimum absolute atomic E-state index is 0.108. The molecule has 0 radical (unpaired) electrons. The molecule has 0 N–H and O–H groups in total. The van der Waals surface area contributed by atoms with Gasteiger partial charge in [0.15, 0.2) is 0 Å². The maximum atomic E-state index is 6.34. The van der Waals surface area contributed by atoms with Gasteiger partial charge >= 0.3 is 0 Å². The predicted molar refractivity (Wildman–Crippen MR) is 126 cm³/mol. The summed E-state index contributed by atoms with van der Waals surface area (Å²) >= 11 is 12.6. The molecule has 0 spiro atoms. The van der Waals surface area contributed by atoms with E-state index >= 15 is 0 Å². The second-order valence-corrected chi connectivity index (χ2v) is 9.36. The van der Waals surface area contributed by atoms with E-state index in [1.54, 1.807) is 0 Å². The molecule has 6 heteroatoms. The van der Waals surface area contributed by atoms with Gasteiger partial charge in [0.1, 0.15) is 17.6 Å².